The molecule has 4 rings (SSSR count). The van der Waals surface area contributed by atoms with Crippen LogP contribution in [0.25, 0.3) is 0 Å². The molecule has 3 aliphatic rings. The van der Waals surface area contributed by atoms with Crippen LogP contribution in [0, 0.1) is 23.7 Å². The lowest BCUT2D eigenvalue weighted by atomic mass is 9.59. The molecule has 2 saturated carbocycles. The Balaban J connectivity index is 1.53. The van der Waals surface area contributed by atoms with E-state index in [2.05, 4.69) is 35.2 Å². The van der Waals surface area contributed by atoms with E-state index in [0.29, 0.717) is 29.5 Å². The van der Waals surface area contributed by atoms with Crippen LogP contribution in [-0.4, -0.2) is 23.8 Å². The van der Waals surface area contributed by atoms with Crippen molar-refractivity contribution in [2.45, 2.75) is 32.2 Å². The van der Waals surface area contributed by atoms with Crippen molar-refractivity contribution >= 4 is 5.78 Å². The SMILES string of the molecule is O=C1C2CN(Cc3ccccc3)CC1C1CCCC2C1. The Morgan fingerprint density at radius 3 is 2.30 bits per heavy atom. The van der Waals surface area contributed by atoms with E-state index in [1.165, 1.54) is 31.2 Å². The standard InChI is InChI=1S/C18H23NO/c20-18-16-11-19(10-13-5-2-1-3-6-13)12-17(18)15-8-4-7-14(16)9-15/h1-3,5-6,14-17H,4,7-12H2. The zero-order valence-electron chi connectivity index (χ0n) is 12.0. The molecule has 2 heteroatoms. The lowest BCUT2D eigenvalue weighted by Crippen LogP contribution is -2.56. The maximum absolute atomic E-state index is 12.6. The number of nitrogens with zero attached hydrogens (tertiary/aromatic N) is 1. The zero-order chi connectivity index (χ0) is 13.5. The van der Waals surface area contributed by atoms with Crippen molar-refractivity contribution < 1.29 is 4.79 Å². The fourth-order valence-electron chi connectivity index (χ4n) is 4.82. The van der Waals surface area contributed by atoms with Crippen LogP contribution in [0.4, 0.5) is 0 Å². The maximum atomic E-state index is 12.6. The third-order valence-electron chi connectivity index (χ3n) is 5.78. The molecule has 0 radical (unpaired) electrons. The van der Waals surface area contributed by atoms with Crippen LogP contribution in [0.3, 0.4) is 0 Å². The van der Waals surface area contributed by atoms with Crippen LogP contribution in [0.2, 0.25) is 0 Å². The van der Waals surface area contributed by atoms with Crippen molar-refractivity contribution in [3.8, 4) is 0 Å². The number of benzene rings is 1. The molecular formula is C18H23NO. The number of Topliss-reactive ketones (excluding diaryl/α,β-unsaturated/α-hetero) is 1. The second-order valence-corrected chi connectivity index (χ2v) is 6.98. The summed E-state index contributed by atoms with van der Waals surface area (Å²) < 4.78 is 0. The third-order valence-corrected chi connectivity index (χ3v) is 5.78. The van der Waals surface area contributed by atoms with Gasteiger partial charge in [0.2, 0.25) is 0 Å². The zero-order valence-corrected chi connectivity index (χ0v) is 12.0. The van der Waals surface area contributed by atoms with Crippen molar-refractivity contribution in [1.29, 1.82) is 0 Å². The van der Waals surface area contributed by atoms with E-state index in [-0.39, 0.29) is 0 Å². The van der Waals surface area contributed by atoms with E-state index in [1.807, 2.05) is 0 Å². The van der Waals surface area contributed by atoms with E-state index >= 15 is 0 Å². The summed E-state index contributed by atoms with van der Waals surface area (Å²) in [5, 5.41) is 0. The smallest absolute Gasteiger partial charge is 0.142 e. The summed E-state index contributed by atoms with van der Waals surface area (Å²) in [6.45, 7) is 3.02. The molecule has 4 atom stereocenters. The topological polar surface area (TPSA) is 20.3 Å². The molecule has 3 fully saturated rings. The van der Waals surface area contributed by atoms with Crippen molar-refractivity contribution in [1.82, 2.24) is 4.90 Å². The van der Waals surface area contributed by atoms with E-state index in [4.69, 9.17) is 0 Å². The Bertz CT molecular complexity index is 475. The Kier molecular flexibility index (Phi) is 3.14. The first-order valence-electron chi connectivity index (χ1n) is 8.11. The van der Waals surface area contributed by atoms with Gasteiger partial charge in [0.15, 0.2) is 0 Å². The number of ketones is 1. The minimum Gasteiger partial charge on any atom is -0.299 e. The summed E-state index contributed by atoms with van der Waals surface area (Å²) in [4.78, 5) is 15.1. The molecule has 4 bridgehead atoms. The average Bonchev–Trinajstić information content (AvgIpc) is 2.49. The highest BCUT2D eigenvalue weighted by Crippen LogP contribution is 2.47. The van der Waals surface area contributed by atoms with Crippen molar-refractivity contribution in [3.63, 3.8) is 0 Å². The van der Waals surface area contributed by atoms with Gasteiger partial charge in [0.05, 0.1) is 0 Å². The Hall–Kier alpha value is -1.15. The van der Waals surface area contributed by atoms with Crippen LogP contribution in [0.5, 0.6) is 0 Å². The van der Waals surface area contributed by atoms with Crippen molar-refractivity contribution in [2.24, 2.45) is 23.7 Å². The number of fused-ring (bicyclic) bond motifs is 6. The fourth-order valence-corrected chi connectivity index (χ4v) is 4.82. The molecule has 1 heterocycles. The van der Waals surface area contributed by atoms with Gasteiger partial charge >= 0.3 is 0 Å². The summed E-state index contributed by atoms with van der Waals surface area (Å²) in [5.74, 6) is 2.67. The van der Waals surface area contributed by atoms with Crippen LogP contribution in [-0.2, 0) is 11.3 Å². The molecule has 1 aromatic carbocycles. The van der Waals surface area contributed by atoms with Gasteiger partial charge in [-0.2, -0.15) is 0 Å². The van der Waals surface area contributed by atoms with Crippen LogP contribution < -0.4 is 0 Å². The van der Waals surface area contributed by atoms with Gasteiger partial charge in [0.1, 0.15) is 5.78 Å². The lowest BCUT2D eigenvalue weighted by molar-refractivity contribution is -0.144. The van der Waals surface area contributed by atoms with E-state index in [9.17, 15) is 4.79 Å². The van der Waals surface area contributed by atoms with Gasteiger partial charge in [-0.1, -0.05) is 36.8 Å². The molecule has 106 valence electrons. The number of rotatable bonds is 2. The van der Waals surface area contributed by atoms with E-state index in [0.717, 1.165) is 19.6 Å². The molecule has 1 aromatic rings. The first kappa shape index (κ1) is 12.6. The van der Waals surface area contributed by atoms with Gasteiger partial charge in [-0.05, 0) is 36.7 Å². The Labute approximate surface area is 121 Å². The highest BCUT2D eigenvalue weighted by Gasteiger charge is 2.49. The highest BCUT2D eigenvalue weighted by molar-refractivity contribution is 5.86. The highest BCUT2D eigenvalue weighted by atomic mass is 16.1. The molecular weight excluding hydrogens is 246 g/mol. The summed E-state index contributed by atoms with van der Waals surface area (Å²) in [6.07, 6.45) is 5.27. The van der Waals surface area contributed by atoms with Crippen LogP contribution in [0.1, 0.15) is 31.2 Å². The van der Waals surface area contributed by atoms with Gasteiger partial charge in [0, 0.05) is 31.5 Å². The Morgan fingerprint density at radius 2 is 1.65 bits per heavy atom. The number of carbonyl (C=O) groups excluding carboxylic acids is 1. The minimum absolute atomic E-state index is 0.342. The normalized spacial score (nSPS) is 36.9. The number of hydrogen-bond donors (Lipinski definition) is 0. The second kappa shape index (κ2) is 5.00. The summed E-state index contributed by atoms with van der Waals surface area (Å²) >= 11 is 0. The van der Waals surface area contributed by atoms with Gasteiger partial charge in [-0.25, -0.2) is 0 Å². The molecule has 0 spiro atoms. The predicted molar refractivity (Wildman–Crippen MR) is 79.2 cm³/mol. The van der Waals surface area contributed by atoms with Crippen LogP contribution >= 0.6 is 0 Å². The first-order valence-corrected chi connectivity index (χ1v) is 8.11. The second-order valence-electron chi connectivity index (χ2n) is 6.98. The number of piperidine rings is 1. The monoisotopic (exact) mass is 269 g/mol. The summed E-state index contributed by atoms with van der Waals surface area (Å²) in [5.41, 5.74) is 1.38. The number of hydrogen-bond acceptors (Lipinski definition) is 2. The van der Waals surface area contributed by atoms with Gasteiger partial charge < -0.3 is 0 Å². The Morgan fingerprint density at radius 1 is 1.00 bits per heavy atom. The largest absolute Gasteiger partial charge is 0.299 e. The average molecular weight is 269 g/mol. The first-order chi connectivity index (χ1) is 9.81. The molecule has 0 aromatic heterocycles. The van der Waals surface area contributed by atoms with E-state index < -0.39 is 0 Å². The maximum Gasteiger partial charge on any atom is 0.142 e. The quantitative estimate of drug-likeness (QED) is 0.822. The number of likely N-dealkylation sites (tertiary alicyclic amines) is 1. The predicted octanol–water partition coefficient (Wildman–Crippen LogP) is 3.12. The summed E-state index contributed by atoms with van der Waals surface area (Å²) in [7, 11) is 0. The molecule has 20 heavy (non-hydrogen) atoms. The fraction of sp³-hybridized carbons (Fsp3) is 0.611. The van der Waals surface area contributed by atoms with Gasteiger partial charge in [-0.3, -0.25) is 9.69 Å². The molecule has 2 nitrogen and oxygen atoms in total. The van der Waals surface area contributed by atoms with Crippen molar-refractivity contribution in [2.75, 3.05) is 13.1 Å². The van der Waals surface area contributed by atoms with Gasteiger partial charge in [0.25, 0.3) is 0 Å². The molecule has 2 aliphatic carbocycles. The summed E-state index contributed by atoms with van der Waals surface area (Å²) in [6, 6.07) is 10.7. The van der Waals surface area contributed by atoms with Crippen molar-refractivity contribution in [3.05, 3.63) is 35.9 Å². The molecule has 4 unspecified atom stereocenters. The molecule has 1 saturated heterocycles. The van der Waals surface area contributed by atoms with Crippen LogP contribution in [0.15, 0.2) is 30.3 Å². The third kappa shape index (κ3) is 2.10. The minimum atomic E-state index is 0.342. The molecule has 0 amide bonds. The molecule has 1 aliphatic heterocycles. The lowest BCUT2D eigenvalue weighted by Gasteiger charge is -2.50. The molecule has 0 N–H and O–H groups in total. The number of carbonyl (C=O) groups is 1. The van der Waals surface area contributed by atoms with Gasteiger partial charge in [-0.15, -0.1) is 0 Å². The van der Waals surface area contributed by atoms with E-state index in [1.54, 1.807) is 0 Å².